The topological polar surface area (TPSA) is 103 Å². The number of hydrogen-bond donors (Lipinski definition) is 2. The SMILES string of the molecule is COc1ccccc1-c1nn(-c2ccccc2)cc1C(=O)NNC(=O)Cn1nc(C)cc1C. The Morgan fingerprint density at radius 2 is 1.70 bits per heavy atom. The minimum Gasteiger partial charge on any atom is -0.496 e. The van der Waals surface area contributed by atoms with Crippen LogP contribution in [0, 0.1) is 13.8 Å². The lowest BCUT2D eigenvalue weighted by Crippen LogP contribution is -2.43. The van der Waals surface area contributed by atoms with Crippen LogP contribution in [0.15, 0.2) is 66.9 Å². The fourth-order valence-electron chi connectivity index (χ4n) is 3.50. The molecule has 2 amide bonds. The van der Waals surface area contributed by atoms with Crippen LogP contribution in [-0.2, 0) is 11.3 Å². The summed E-state index contributed by atoms with van der Waals surface area (Å²) in [4.78, 5) is 25.4. The minimum atomic E-state index is -0.500. The van der Waals surface area contributed by atoms with Crippen LogP contribution in [0.3, 0.4) is 0 Å². The molecule has 0 bridgehead atoms. The molecule has 2 aromatic heterocycles. The van der Waals surface area contributed by atoms with Gasteiger partial charge in [0, 0.05) is 17.5 Å². The van der Waals surface area contributed by atoms with E-state index in [1.807, 2.05) is 68.4 Å². The summed E-state index contributed by atoms with van der Waals surface area (Å²) in [7, 11) is 1.56. The van der Waals surface area contributed by atoms with Crippen molar-refractivity contribution >= 4 is 11.8 Å². The number of para-hydroxylation sites is 2. The van der Waals surface area contributed by atoms with Gasteiger partial charge in [-0.05, 0) is 44.2 Å². The second kappa shape index (κ2) is 9.39. The van der Waals surface area contributed by atoms with Crippen molar-refractivity contribution in [3.05, 3.63) is 83.8 Å². The maximum atomic E-state index is 13.1. The zero-order chi connectivity index (χ0) is 23.4. The van der Waals surface area contributed by atoms with Crippen molar-refractivity contribution in [1.82, 2.24) is 30.4 Å². The molecule has 9 nitrogen and oxygen atoms in total. The van der Waals surface area contributed by atoms with Gasteiger partial charge in [0.15, 0.2) is 0 Å². The van der Waals surface area contributed by atoms with Crippen LogP contribution in [0.4, 0.5) is 0 Å². The van der Waals surface area contributed by atoms with Gasteiger partial charge in [0.05, 0.1) is 24.1 Å². The molecule has 0 spiro atoms. The molecule has 2 aromatic carbocycles. The zero-order valence-electron chi connectivity index (χ0n) is 18.6. The van der Waals surface area contributed by atoms with E-state index in [-0.39, 0.29) is 12.1 Å². The third-order valence-electron chi connectivity index (χ3n) is 5.05. The number of hydrogen-bond acceptors (Lipinski definition) is 5. The van der Waals surface area contributed by atoms with Gasteiger partial charge in [0.2, 0.25) is 0 Å². The van der Waals surface area contributed by atoms with Crippen LogP contribution >= 0.6 is 0 Å². The van der Waals surface area contributed by atoms with Gasteiger partial charge in [-0.1, -0.05) is 30.3 Å². The van der Waals surface area contributed by atoms with Gasteiger partial charge in [0.25, 0.3) is 11.8 Å². The summed E-state index contributed by atoms with van der Waals surface area (Å²) in [5, 5.41) is 8.90. The van der Waals surface area contributed by atoms with Crippen molar-refractivity contribution in [3.63, 3.8) is 0 Å². The minimum absolute atomic E-state index is 0.0113. The maximum absolute atomic E-state index is 13.1. The van der Waals surface area contributed by atoms with Crippen LogP contribution in [-0.4, -0.2) is 38.5 Å². The molecule has 0 aliphatic heterocycles. The van der Waals surface area contributed by atoms with E-state index < -0.39 is 11.8 Å². The molecule has 33 heavy (non-hydrogen) atoms. The number of benzene rings is 2. The van der Waals surface area contributed by atoms with Crippen molar-refractivity contribution in [3.8, 4) is 22.7 Å². The van der Waals surface area contributed by atoms with Crippen LogP contribution in [0.2, 0.25) is 0 Å². The molecule has 4 rings (SSSR count). The fraction of sp³-hybridized carbons (Fsp3) is 0.167. The van der Waals surface area contributed by atoms with Crippen molar-refractivity contribution in [2.45, 2.75) is 20.4 Å². The van der Waals surface area contributed by atoms with E-state index >= 15 is 0 Å². The molecule has 0 saturated carbocycles. The molecule has 0 aliphatic carbocycles. The van der Waals surface area contributed by atoms with E-state index in [1.165, 1.54) is 0 Å². The third-order valence-corrected chi connectivity index (χ3v) is 5.05. The van der Waals surface area contributed by atoms with Gasteiger partial charge in [-0.3, -0.25) is 25.1 Å². The lowest BCUT2D eigenvalue weighted by Gasteiger charge is -2.10. The first-order valence-corrected chi connectivity index (χ1v) is 10.3. The highest BCUT2D eigenvalue weighted by Crippen LogP contribution is 2.31. The Labute approximate surface area is 191 Å². The second-order valence-corrected chi connectivity index (χ2v) is 7.46. The number of nitrogens with one attached hydrogen (secondary N) is 2. The number of ether oxygens (including phenoxy) is 1. The average Bonchev–Trinajstić information content (AvgIpc) is 3.41. The highest BCUT2D eigenvalue weighted by atomic mass is 16.5. The Kier molecular flexibility index (Phi) is 6.21. The highest BCUT2D eigenvalue weighted by molar-refractivity contribution is 6.01. The number of carbonyl (C=O) groups excluding carboxylic acids is 2. The van der Waals surface area contributed by atoms with E-state index in [4.69, 9.17) is 4.74 Å². The first-order chi connectivity index (χ1) is 16.0. The Morgan fingerprint density at radius 1 is 0.970 bits per heavy atom. The summed E-state index contributed by atoms with van der Waals surface area (Å²) < 4.78 is 8.66. The van der Waals surface area contributed by atoms with E-state index in [2.05, 4.69) is 21.0 Å². The maximum Gasteiger partial charge on any atom is 0.273 e. The number of carbonyl (C=O) groups is 2. The summed E-state index contributed by atoms with van der Waals surface area (Å²) >= 11 is 0. The van der Waals surface area contributed by atoms with Gasteiger partial charge < -0.3 is 4.74 Å². The third kappa shape index (κ3) is 4.77. The van der Waals surface area contributed by atoms with Gasteiger partial charge in [-0.15, -0.1) is 0 Å². The quantitative estimate of drug-likeness (QED) is 0.445. The van der Waals surface area contributed by atoms with E-state index in [1.54, 1.807) is 28.7 Å². The number of methoxy groups -OCH3 is 1. The predicted molar refractivity (Wildman–Crippen MR) is 123 cm³/mol. The molecule has 0 radical (unpaired) electrons. The summed E-state index contributed by atoms with van der Waals surface area (Å²) in [6.07, 6.45) is 1.62. The zero-order valence-corrected chi connectivity index (χ0v) is 18.6. The largest absolute Gasteiger partial charge is 0.496 e. The van der Waals surface area contributed by atoms with Crippen LogP contribution in [0.5, 0.6) is 5.75 Å². The van der Waals surface area contributed by atoms with Crippen molar-refractivity contribution < 1.29 is 14.3 Å². The van der Waals surface area contributed by atoms with E-state index in [0.29, 0.717) is 17.0 Å². The number of nitrogens with zero attached hydrogens (tertiary/aromatic N) is 4. The fourth-order valence-corrected chi connectivity index (χ4v) is 3.50. The van der Waals surface area contributed by atoms with Crippen LogP contribution in [0.25, 0.3) is 16.9 Å². The lowest BCUT2D eigenvalue weighted by molar-refractivity contribution is -0.122. The lowest BCUT2D eigenvalue weighted by atomic mass is 10.1. The Hall–Kier alpha value is -4.40. The van der Waals surface area contributed by atoms with E-state index in [9.17, 15) is 9.59 Å². The van der Waals surface area contributed by atoms with Gasteiger partial charge in [-0.2, -0.15) is 10.2 Å². The number of amides is 2. The monoisotopic (exact) mass is 444 g/mol. The molecule has 9 heteroatoms. The average molecular weight is 444 g/mol. The molecule has 0 aliphatic rings. The standard InChI is InChI=1S/C24H24N6O3/c1-16-13-17(2)29(27-16)15-22(31)25-26-24(32)20-14-30(18-9-5-4-6-10-18)28-23(20)19-11-7-8-12-21(19)33-3/h4-14H,15H2,1-3H3,(H,25,31)(H,26,32). The smallest absolute Gasteiger partial charge is 0.273 e. The first kappa shape index (κ1) is 21.8. The Balaban J connectivity index is 1.60. The van der Waals surface area contributed by atoms with E-state index in [0.717, 1.165) is 17.1 Å². The van der Waals surface area contributed by atoms with Gasteiger partial charge in [-0.25, -0.2) is 4.68 Å². The summed E-state index contributed by atoms with van der Waals surface area (Å²) in [5.41, 5.74) is 8.79. The normalized spacial score (nSPS) is 10.6. The number of aromatic nitrogens is 4. The van der Waals surface area contributed by atoms with Crippen molar-refractivity contribution in [2.24, 2.45) is 0 Å². The predicted octanol–water partition coefficient (Wildman–Crippen LogP) is 2.82. The number of aryl methyl sites for hydroxylation is 2. The summed E-state index contributed by atoms with van der Waals surface area (Å²) in [5.74, 6) is -0.318. The number of rotatable bonds is 6. The molecule has 2 heterocycles. The Morgan fingerprint density at radius 3 is 2.39 bits per heavy atom. The van der Waals surface area contributed by atoms with Gasteiger partial charge in [0.1, 0.15) is 18.0 Å². The molecule has 0 fully saturated rings. The molecular formula is C24H24N6O3. The van der Waals surface area contributed by atoms with Crippen molar-refractivity contribution in [1.29, 1.82) is 0 Å². The second-order valence-electron chi connectivity index (χ2n) is 7.46. The summed E-state index contributed by atoms with van der Waals surface area (Å²) in [6.45, 7) is 3.71. The molecule has 0 saturated heterocycles. The first-order valence-electron chi connectivity index (χ1n) is 10.3. The molecule has 0 atom stereocenters. The Bertz CT molecular complexity index is 1290. The molecule has 2 N–H and O–H groups in total. The van der Waals surface area contributed by atoms with Crippen LogP contribution in [0.1, 0.15) is 21.7 Å². The number of hydrazine groups is 1. The van der Waals surface area contributed by atoms with Crippen LogP contribution < -0.4 is 15.6 Å². The molecule has 4 aromatic rings. The molecular weight excluding hydrogens is 420 g/mol. The van der Waals surface area contributed by atoms with Crippen molar-refractivity contribution in [2.75, 3.05) is 7.11 Å². The highest BCUT2D eigenvalue weighted by Gasteiger charge is 2.21. The van der Waals surface area contributed by atoms with Gasteiger partial charge >= 0.3 is 0 Å². The molecule has 168 valence electrons. The molecule has 0 unspecified atom stereocenters. The summed E-state index contributed by atoms with van der Waals surface area (Å²) in [6, 6.07) is 18.6.